The number of amides is 5. The van der Waals surface area contributed by atoms with Crippen molar-refractivity contribution < 1.29 is 42.9 Å². The lowest BCUT2D eigenvalue weighted by atomic mass is 10.2. The molecule has 1 saturated heterocycles. The highest BCUT2D eigenvalue weighted by atomic mass is 16.6. The fourth-order valence-electron chi connectivity index (χ4n) is 4.55. The lowest BCUT2D eigenvalue weighted by molar-refractivity contribution is -0.131. The Morgan fingerprint density at radius 3 is 1.33 bits per heavy atom. The van der Waals surface area contributed by atoms with E-state index in [-0.39, 0.29) is 77.8 Å². The van der Waals surface area contributed by atoms with E-state index < -0.39 is 41.2 Å². The summed E-state index contributed by atoms with van der Waals surface area (Å²) in [7, 11) is 0. The van der Waals surface area contributed by atoms with Crippen LogP contribution >= 0.6 is 0 Å². The summed E-state index contributed by atoms with van der Waals surface area (Å²) < 4.78 is 22.2. The van der Waals surface area contributed by atoms with Gasteiger partial charge in [-0.1, -0.05) is 30.3 Å². The van der Waals surface area contributed by atoms with Crippen molar-refractivity contribution in [1.82, 2.24) is 24.9 Å². The zero-order valence-electron chi connectivity index (χ0n) is 30.8. The minimum atomic E-state index is -0.760. The van der Waals surface area contributed by atoms with Crippen molar-refractivity contribution in [2.45, 2.75) is 98.6 Å². The van der Waals surface area contributed by atoms with E-state index in [1.54, 1.807) is 67.2 Å². The number of hydrogen-bond acceptors (Lipinski definition) is 9. The summed E-state index contributed by atoms with van der Waals surface area (Å²) in [6, 6.07) is 9.31. The molecule has 1 fully saturated rings. The van der Waals surface area contributed by atoms with Gasteiger partial charge in [0, 0.05) is 65.3 Å². The molecule has 0 radical (unpaired) electrons. The topological polar surface area (TPSA) is 147 Å². The van der Waals surface area contributed by atoms with Crippen molar-refractivity contribution in [2.24, 2.45) is 0 Å². The first kappa shape index (κ1) is 40.9. The van der Waals surface area contributed by atoms with Crippen molar-refractivity contribution in [3.63, 3.8) is 0 Å². The Kier molecular flexibility index (Phi) is 15.5. The molecular formula is C35H57N5O9. The number of carbonyl (C=O) groups excluding carboxylic acids is 5. The van der Waals surface area contributed by atoms with Crippen molar-refractivity contribution in [1.29, 1.82) is 0 Å². The Morgan fingerprint density at radius 1 is 0.592 bits per heavy atom. The highest BCUT2D eigenvalue weighted by Gasteiger charge is 2.30. The molecule has 5 amide bonds. The molecule has 0 saturated carbocycles. The quantitative estimate of drug-likeness (QED) is 0.312. The largest absolute Gasteiger partial charge is 0.445 e. The van der Waals surface area contributed by atoms with Gasteiger partial charge in [0.25, 0.3) is 0 Å². The molecular weight excluding hydrogens is 634 g/mol. The van der Waals surface area contributed by atoms with E-state index in [4.69, 9.17) is 18.9 Å². The zero-order chi connectivity index (χ0) is 36.8. The van der Waals surface area contributed by atoms with Crippen LogP contribution in [-0.2, 0) is 30.3 Å². The maximum atomic E-state index is 13.5. The fraction of sp³-hybridized carbons (Fsp3) is 0.686. The first-order valence-electron chi connectivity index (χ1n) is 16.9. The Hall–Kier alpha value is -4.23. The van der Waals surface area contributed by atoms with Crippen LogP contribution in [0.15, 0.2) is 30.3 Å². The van der Waals surface area contributed by atoms with Gasteiger partial charge < -0.3 is 43.9 Å². The molecule has 1 aliphatic rings. The Morgan fingerprint density at radius 2 is 0.959 bits per heavy atom. The highest BCUT2D eigenvalue weighted by molar-refractivity contribution is 5.77. The SMILES string of the molecule is CC(C)(C)OC(=O)N1CCN(C(=O)CCCNC(=O)OCc2ccccc2)CCN(C(=O)OC(C)(C)C)CCN(C(=O)OC(C)(C)C)CC1. The van der Waals surface area contributed by atoms with Gasteiger partial charge in [-0.25, -0.2) is 19.2 Å². The molecule has 0 unspecified atom stereocenters. The smallest absolute Gasteiger partial charge is 0.410 e. The standard InChI is InChI=1S/C35H57N5O9/c1-33(2,3)47-30(43)38-20-18-37(28(41)16-13-17-36-29(42)46-26-27-14-11-10-12-15-27)19-21-39(31(44)48-34(4,5)6)23-25-40(24-22-38)32(45)49-35(7,8)9/h10-12,14-15H,13,16-26H2,1-9H3,(H,36,42). The van der Waals surface area contributed by atoms with Crippen LogP contribution in [0.4, 0.5) is 19.2 Å². The van der Waals surface area contributed by atoms with Gasteiger partial charge in [0.2, 0.25) is 5.91 Å². The van der Waals surface area contributed by atoms with E-state index in [2.05, 4.69) is 5.32 Å². The van der Waals surface area contributed by atoms with Crippen LogP contribution in [-0.4, -0.2) is 126 Å². The second-order valence-corrected chi connectivity index (χ2v) is 14.9. The molecule has 1 aliphatic heterocycles. The third-order valence-corrected chi connectivity index (χ3v) is 6.92. The molecule has 2 rings (SSSR count). The summed E-state index contributed by atoms with van der Waals surface area (Å²) in [5, 5.41) is 2.67. The van der Waals surface area contributed by atoms with E-state index >= 15 is 0 Å². The molecule has 0 aromatic heterocycles. The maximum absolute atomic E-state index is 13.5. The van der Waals surface area contributed by atoms with Gasteiger partial charge in [-0.15, -0.1) is 0 Å². The molecule has 14 heteroatoms. The summed E-state index contributed by atoms with van der Waals surface area (Å²) in [6.07, 6.45) is -1.84. The van der Waals surface area contributed by atoms with Crippen molar-refractivity contribution in [2.75, 3.05) is 58.9 Å². The minimum Gasteiger partial charge on any atom is -0.445 e. The van der Waals surface area contributed by atoms with Gasteiger partial charge in [0.05, 0.1) is 0 Å². The van der Waals surface area contributed by atoms with E-state index in [1.165, 1.54) is 14.7 Å². The van der Waals surface area contributed by atoms with Crippen LogP contribution in [0.5, 0.6) is 0 Å². The van der Waals surface area contributed by atoms with Gasteiger partial charge in [-0.3, -0.25) is 4.79 Å². The van der Waals surface area contributed by atoms with E-state index in [9.17, 15) is 24.0 Å². The van der Waals surface area contributed by atoms with Gasteiger partial charge in [-0.2, -0.15) is 0 Å². The van der Waals surface area contributed by atoms with Gasteiger partial charge in [0.1, 0.15) is 23.4 Å². The first-order chi connectivity index (χ1) is 22.7. The molecule has 0 spiro atoms. The molecule has 14 nitrogen and oxygen atoms in total. The molecule has 49 heavy (non-hydrogen) atoms. The third kappa shape index (κ3) is 17.1. The highest BCUT2D eigenvalue weighted by Crippen LogP contribution is 2.15. The number of nitrogens with one attached hydrogen (secondary N) is 1. The third-order valence-electron chi connectivity index (χ3n) is 6.92. The summed E-state index contributed by atoms with van der Waals surface area (Å²) in [5.74, 6) is -0.208. The Labute approximate surface area is 291 Å². The summed E-state index contributed by atoms with van der Waals surface area (Å²) in [4.78, 5) is 71.3. The van der Waals surface area contributed by atoms with Gasteiger partial charge in [-0.05, 0) is 74.3 Å². The van der Waals surface area contributed by atoms with E-state index in [0.29, 0.717) is 6.42 Å². The molecule has 1 aromatic rings. The van der Waals surface area contributed by atoms with E-state index in [0.717, 1.165) is 5.56 Å². The predicted octanol–water partition coefficient (Wildman–Crippen LogP) is 5.25. The second kappa shape index (κ2) is 18.5. The monoisotopic (exact) mass is 691 g/mol. The van der Waals surface area contributed by atoms with Gasteiger partial charge >= 0.3 is 24.4 Å². The maximum Gasteiger partial charge on any atom is 0.410 e. The molecule has 0 aliphatic carbocycles. The Bertz CT molecular complexity index is 1190. The Balaban J connectivity index is 2.18. The van der Waals surface area contributed by atoms with Crippen molar-refractivity contribution in [3.05, 3.63) is 35.9 Å². The molecule has 1 heterocycles. The number of hydrogen-bond donors (Lipinski definition) is 1. The van der Waals surface area contributed by atoms with Crippen molar-refractivity contribution in [3.8, 4) is 0 Å². The lowest BCUT2D eigenvalue weighted by Crippen LogP contribution is -2.52. The number of ether oxygens (including phenoxy) is 4. The van der Waals surface area contributed by atoms with Crippen LogP contribution in [0, 0.1) is 0 Å². The molecule has 1 N–H and O–H groups in total. The van der Waals surface area contributed by atoms with Crippen LogP contribution < -0.4 is 5.32 Å². The number of benzene rings is 1. The first-order valence-corrected chi connectivity index (χ1v) is 16.9. The van der Waals surface area contributed by atoms with Crippen LogP contribution in [0.1, 0.15) is 80.7 Å². The average molecular weight is 692 g/mol. The summed E-state index contributed by atoms with van der Waals surface area (Å²) >= 11 is 0. The number of rotatable bonds is 6. The average Bonchev–Trinajstić information content (AvgIpc) is 2.96. The second-order valence-electron chi connectivity index (χ2n) is 14.9. The predicted molar refractivity (Wildman–Crippen MR) is 184 cm³/mol. The number of nitrogens with zero attached hydrogens (tertiary/aromatic N) is 4. The fourth-order valence-corrected chi connectivity index (χ4v) is 4.55. The number of carbonyl (C=O) groups is 5. The van der Waals surface area contributed by atoms with Crippen LogP contribution in [0.25, 0.3) is 0 Å². The van der Waals surface area contributed by atoms with Gasteiger partial charge in [0.15, 0.2) is 0 Å². The molecule has 276 valence electrons. The molecule has 0 atom stereocenters. The summed E-state index contributed by atoms with van der Waals surface area (Å²) in [5.41, 5.74) is -1.41. The zero-order valence-corrected chi connectivity index (χ0v) is 30.8. The normalized spacial score (nSPS) is 15.4. The van der Waals surface area contributed by atoms with Crippen molar-refractivity contribution >= 4 is 30.3 Å². The van der Waals surface area contributed by atoms with Crippen LogP contribution in [0.2, 0.25) is 0 Å². The minimum absolute atomic E-state index is 0.107. The molecule has 0 bridgehead atoms. The van der Waals surface area contributed by atoms with Crippen LogP contribution in [0.3, 0.4) is 0 Å². The summed E-state index contributed by atoms with van der Waals surface area (Å²) in [6.45, 7) is 17.2. The lowest BCUT2D eigenvalue weighted by Gasteiger charge is -2.36. The molecule has 1 aromatic carbocycles. The van der Waals surface area contributed by atoms with E-state index in [1.807, 2.05) is 30.3 Å². The number of alkyl carbamates (subject to hydrolysis) is 1.